The molecule has 1 atom stereocenters. The van der Waals surface area contributed by atoms with Crippen molar-refractivity contribution in [3.8, 4) is 12.3 Å². The van der Waals surface area contributed by atoms with Gasteiger partial charge < -0.3 is 5.73 Å². The van der Waals surface area contributed by atoms with Gasteiger partial charge in [-0.2, -0.15) is 0 Å². The number of nitrogens with two attached hydrogens (primary N) is 1. The zero-order valence-corrected chi connectivity index (χ0v) is 9.01. The lowest BCUT2D eigenvalue weighted by Gasteiger charge is -2.13. The summed E-state index contributed by atoms with van der Waals surface area (Å²) in [6, 6.07) is 5.83. The van der Waals surface area contributed by atoms with Crippen molar-refractivity contribution >= 4 is 11.6 Å². The average molecular weight is 208 g/mol. The molecule has 2 heteroatoms. The van der Waals surface area contributed by atoms with Crippen LogP contribution in [0.15, 0.2) is 18.2 Å². The average Bonchev–Trinajstić information content (AvgIpc) is 2.18. The predicted octanol–water partition coefficient (Wildman–Crippen LogP) is 3.06. The molecule has 0 aromatic heterocycles. The second-order valence-corrected chi connectivity index (χ2v) is 3.71. The summed E-state index contributed by atoms with van der Waals surface area (Å²) in [6.45, 7) is 1.97. The number of hydrogen-bond acceptors (Lipinski definition) is 1. The molecule has 0 bridgehead atoms. The first-order chi connectivity index (χ1) is 6.66. The molecule has 1 nitrogen and oxygen atoms in total. The van der Waals surface area contributed by atoms with E-state index in [0.29, 0.717) is 6.42 Å². The first-order valence-corrected chi connectivity index (χ1v) is 4.98. The molecule has 0 amide bonds. The van der Waals surface area contributed by atoms with Gasteiger partial charge in [-0.15, -0.1) is 12.3 Å². The van der Waals surface area contributed by atoms with Gasteiger partial charge in [0, 0.05) is 17.5 Å². The summed E-state index contributed by atoms with van der Waals surface area (Å²) < 4.78 is 0. The second-order valence-electron chi connectivity index (χ2n) is 3.33. The molecular formula is C12H14ClN. The standard InChI is InChI=1S/C12H14ClN/c1-3-4-8-11(14)10-7-5-6-9(2)12(10)13/h1,5-7,11H,4,8,14H2,2H3. The van der Waals surface area contributed by atoms with E-state index in [-0.39, 0.29) is 6.04 Å². The Morgan fingerprint density at radius 2 is 2.29 bits per heavy atom. The summed E-state index contributed by atoms with van der Waals surface area (Å²) in [4.78, 5) is 0. The van der Waals surface area contributed by atoms with Crippen molar-refractivity contribution in [3.63, 3.8) is 0 Å². The fraction of sp³-hybridized carbons (Fsp3) is 0.333. The molecule has 0 aliphatic carbocycles. The Morgan fingerprint density at radius 1 is 1.57 bits per heavy atom. The van der Waals surface area contributed by atoms with Gasteiger partial charge in [-0.1, -0.05) is 29.8 Å². The highest BCUT2D eigenvalue weighted by Crippen LogP contribution is 2.26. The van der Waals surface area contributed by atoms with Crippen LogP contribution in [0.1, 0.15) is 30.0 Å². The Bertz CT molecular complexity index is 352. The molecule has 0 aliphatic rings. The minimum atomic E-state index is -0.0570. The van der Waals surface area contributed by atoms with Crippen molar-refractivity contribution in [2.24, 2.45) is 5.73 Å². The van der Waals surface area contributed by atoms with Crippen molar-refractivity contribution in [1.29, 1.82) is 0 Å². The van der Waals surface area contributed by atoms with Crippen LogP contribution in [0, 0.1) is 19.3 Å². The molecule has 0 radical (unpaired) electrons. The van der Waals surface area contributed by atoms with E-state index >= 15 is 0 Å². The maximum absolute atomic E-state index is 6.14. The SMILES string of the molecule is C#CCCC(N)c1cccc(C)c1Cl. The molecule has 74 valence electrons. The van der Waals surface area contributed by atoms with Crippen LogP contribution >= 0.6 is 11.6 Å². The highest BCUT2D eigenvalue weighted by Gasteiger charge is 2.10. The molecule has 0 saturated heterocycles. The summed E-state index contributed by atoms with van der Waals surface area (Å²) in [5, 5.41) is 0.761. The molecule has 2 N–H and O–H groups in total. The largest absolute Gasteiger partial charge is 0.324 e. The maximum Gasteiger partial charge on any atom is 0.0482 e. The molecule has 1 aromatic carbocycles. The molecule has 0 fully saturated rings. The molecule has 0 saturated carbocycles. The van der Waals surface area contributed by atoms with E-state index in [1.807, 2.05) is 25.1 Å². The predicted molar refractivity (Wildman–Crippen MR) is 61.2 cm³/mol. The van der Waals surface area contributed by atoms with Gasteiger partial charge in [0.2, 0.25) is 0 Å². The topological polar surface area (TPSA) is 26.0 Å². The van der Waals surface area contributed by atoms with Crippen LogP contribution in [0.4, 0.5) is 0 Å². The van der Waals surface area contributed by atoms with Gasteiger partial charge in [-0.3, -0.25) is 0 Å². The zero-order chi connectivity index (χ0) is 10.6. The first kappa shape index (κ1) is 11.1. The lowest BCUT2D eigenvalue weighted by atomic mass is 10.0. The summed E-state index contributed by atoms with van der Waals surface area (Å²) in [5.41, 5.74) is 8.01. The molecule has 1 rings (SSSR count). The van der Waals surface area contributed by atoms with E-state index in [1.165, 1.54) is 0 Å². The third kappa shape index (κ3) is 2.51. The van der Waals surface area contributed by atoms with E-state index in [4.69, 9.17) is 23.8 Å². The van der Waals surface area contributed by atoms with Crippen LogP contribution in [0.3, 0.4) is 0 Å². The number of hydrogen-bond donors (Lipinski definition) is 1. The van der Waals surface area contributed by atoms with E-state index in [1.54, 1.807) is 0 Å². The van der Waals surface area contributed by atoms with E-state index in [0.717, 1.165) is 22.6 Å². The number of rotatable bonds is 3. The summed E-state index contributed by atoms with van der Waals surface area (Å²) in [6.07, 6.45) is 6.65. The normalized spacial score (nSPS) is 12.1. The van der Waals surface area contributed by atoms with Crippen LogP contribution in [0.2, 0.25) is 5.02 Å². The monoisotopic (exact) mass is 207 g/mol. The fourth-order valence-corrected chi connectivity index (χ4v) is 1.62. The summed E-state index contributed by atoms with van der Waals surface area (Å²) >= 11 is 6.14. The van der Waals surface area contributed by atoms with Gasteiger partial charge >= 0.3 is 0 Å². The van der Waals surface area contributed by atoms with Crippen LogP contribution in [0.5, 0.6) is 0 Å². The quantitative estimate of drug-likeness (QED) is 0.758. The molecule has 0 heterocycles. The van der Waals surface area contributed by atoms with Crippen molar-refractivity contribution in [2.45, 2.75) is 25.8 Å². The zero-order valence-electron chi connectivity index (χ0n) is 8.26. The van der Waals surface area contributed by atoms with Gasteiger partial charge in [0.15, 0.2) is 0 Å². The Hall–Kier alpha value is -0.970. The van der Waals surface area contributed by atoms with Crippen molar-refractivity contribution < 1.29 is 0 Å². The second kappa shape index (κ2) is 5.05. The summed E-state index contributed by atoms with van der Waals surface area (Å²) in [7, 11) is 0. The summed E-state index contributed by atoms with van der Waals surface area (Å²) in [5.74, 6) is 2.58. The first-order valence-electron chi connectivity index (χ1n) is 4.61. The van der Waals surface area contributed by atoms with Gasteiger partial charge in [0.05, 0.1) is 0 Å². The highest BCUT2D eigenvalue weighted by atomic mass is 35.5. The van der Waals surface area contributed by atoms with Crippen molar-refractivity contribution in [1.82, 2.24) is 0 Å². The Morgan fingerprint density at radius 3 is 2.93 bits per heavy atom. The van der Waals surface area contributed by atoms with Crippen LogP contribution in [-0.4, -0.2) is 0 Å². The molecule has 1 unspecified atom stereocenters. The third-order valence-corrected chi connectivity index (χ3v) is 2.74. The molecule has 0 spiro atoms. The lowest BCUT2D eigenvalue weighted by Crippen LogP contribution is -2.10. The number of terminal acetylenes is 1. The van der Waals surface area contributed by atoms with Gasteiger partial charge in [-0.25, -0.2) is 0 Å². The van der Waals surface area contributed by atoms with Crippen molar-refractivity contribution in [2.75, 3.05) is 0 Å². The Labute approximate surface area is 90.3 Å². The minimum Gasteiger partial charge on any atom is -0.324 e. The molecule has 0 aliphatic heterocycles. The van der Waals surface area contributed by atoms with E-state index < -0.39 is 0 Å². The molecule has 14 heavy (non-hydrogen) atoms. The van der Waals surface area contributed by atoms with E-state index in [9.17, 15) is 0 Å². The molecule has 1 aromatic rings. The van der Waals surface area contributed by atoms with Gasteiger partial charge in [0.1, 0.15) is 0 Å². The smallest absolute Gasteiger partial charge is 0.0482 e. The third-order valence-electron chi connectivity index (χ3n) is 2.22. The number of halogens is 1. The Balaban J connectivity index is 2.85. The van der Waals surface area contributed by atoms with Gasteiger partial charge in [0.25, 0.3) is 0 Å². The van der Waals surface area contributed by atoms with Crippen LogP contribution in [-0.2, 0) is 0 Å². The maximum atomic E-state index is 6.14. The minimum absolute atomic E-state index is 0.0570. The molecular weight excluding hydrogens is 194 g/mol. The van der Waals surface area contributed by atoms with Gasteiger partial charge in [-0.05, 0) is 24.5 Å². The fourth-order valence-electron chi connectivity index (χ4n) is 1.35. The number of aryl methyl sites for hydroxylation is 1. The van der Waals surface area contributed by atoms with Crippen molar-refractivity contribution in [3.05, 3.63) is 34.3 Å². The number of benzene rings is 1. The lowest BCUT2D eigenvalue weighted by molar-refractivity contribution is 0.667. The highest BCUT2D eigenvalue weighted by molar-refractivity contribution is 6.32. The Kier molecular flexibility index (Phi) is 4.00. The van der Waals surface area contributed by atoms with E-state index in [2.05, 4.69) is 5.92 Å². The van der Waals surface area contributed by atoms with Crippen LogP contribution < -0.4 is 5.73 Å². The van der Waals surface area contributed by atoms with Crippen LogP contribution in [0.25, 0.3) is 0 Å².